The molecule has 6 heteroatoms. The van der Waals surface area contributed by atoms with Crippen molar-refractivity contribution < 1.29 is 28.9 Å². The Morgan fingerprint density at radius 3 is 1.94 bits per heavy atom. The van der Waals surface area contributed by atoms with Crippen LogP contribution in [0.25, 0.3) is 0 Å². The van der Waals surface area contributed by atoms with E-state index in [1.54, 1.807) is 0 Å². The van der Waals surface area contributed by atoms with Gasteiger partial charge in [0.2, 0.25) is 0 Å². The molecule has 0 bridgehead atoms. The summed E-state index contributed by atoms with van der Waals surface area (Å²) in [5.74, 6) is 0.342. The predicted molar refractivity (Wildman–Crippen MR) is 138 cm³/mol. The highest BCUT2D eigenvalue weighted by Crippen LogP contribution is 2.20. The zero-order valence-electron chi connectivity index (χ0n) is 22.9. The fourth-order valence-electron chi connectivity index (χ4n) is 3.84. The molecule has 0 heterocycles. The summed E-state index contributed by atoms with van der Waals surface area (Å²) in [6.45, 7) is 11.8. The van der Waals surface area contributed by atoms with Gasteiger partial charge in [0.05, 0.1) is 12.7 Å². The Morgan fingerprint density at radius 1 is 0.735 bits per heavy atom. The topological polar surface area (TPSA) is 82.1 Å². The number of ether oxygens (including phenoxy) is 3. The van der Waals surface area contributed by atoms with E-state index in [1.165, 1.54) is 0 Å². The van der Waals surface area contributed by atoms with E-state index in [0.717, 1.165) is 90.1 Å². The summed E-state index contributed by atoms with van der Waals surface area (Å²) in [6, 6.07) is 0. The van der Waals surface area contributed by atoms with Crippen molar-refractivity contribution in [3.63, 3.8) is 0 Å². The lowest BCUT2D eigenvalue weighted by atomic mass is 10.0. The Kier molecular flexibility index (Phi) is 20.5. The monoisotopic (exact) mass is 486 g/mol. The minimum Gasteiger partial charge on any atom is -0.466 e. The normalized spacial score (nSPS) is 12.7. The molecule has 0 amide bonds. The van der Waals surface area contributed by atoms with Crippen molar-refractivity contribution in [3.05, 3.63) is 0 Å². The summed E-state index contributed by atoms with van der Waals surface area (Å²) in [7, 11) is 0. The fraction of sp³-hybridized carbons (Fsp3) is 0.929. The SMILES string of the molecule is CC(CCCOC(C)C)CCOC(=O)CCCCCCCCC(=O)OC(C)(C)CCCCCO. The lowest BCUT2D eigenvalue weighted by Gasteiger charge is -2.25. The lowest BCUT2D eigenvalue weighted by molar-refractivity contribution is -0.157. The van der Waals surface area contributed by atoms with Crippen LogP contribution in [-0.2, 0) is 23.8 Å². The highest BCUT2D eigenvalue weighted by atomic mass is 16.6. The Labute approximate surface area is 209 Å². The summed E-state index contributed by atoms with van der Waals surface area (Å²) < 4.78 is 16.5. The van der Waals surface area contributed by atoms with Crippen LogP contribution in [0.15, 0.2) is 0 Å². The first kappa shape index (κ1) is 32.9. The van der Waals surface area contributed by atoms with Gasteiger partial charge in [-0.1, -0.05) is 39.0 Å². The molecule has 1 N–H and O–H groups in total. The summed E-state index contributed by atoms with van der Waals surface area (Å²) >= 11 is 0. The highest BCUT2D eigenvalue weighted by molar-refractivity contribution is 5.69. The van der Waals surface area contributed by atoms with E-state index in [0.29, 0.717) is 25.4 Å². The maximum atomic E-state index is 12.1. The molecular weight excluding hydrogens is 432 g/mol. The highest BCUT2D eigenvalue weighted by Gasteiger charge is 2.21. The molecule has 1 unspecified atom stereocenters. The van der Waals surface area contributed by atoms with Crippen molar-refractivity contribution in [3.8, 4) is 0 Å². The molecule has 0 fully saturated rings. The van der Waals surface area contributed by atoms with Gasteiger partial charge in [0.15, 0.2) is 0 Å². The van der Waals surface area contributed by atoms with Crippen LogP contribution in [0.5, 0.6) is 0 Å². The van der Waals surface area contributed by atoms with Crippen LogP contribution in [0, 0.1) is 5.92 Å². The summed E-state index contributed by atoms with van der Waals surface area (Å²) in [6.07, 6.45) is 13.8. The molecule has 6 nitrogen and oxygen atoms in total. The van der Waals surface area contributed by atoms with Gasteiger partial charge in [0.25, 0.3) is 0 Å². The summed E-state index contributed by atoms with van der Waals surface area (Å²) in [5, 5.41) is 8.83. The van der Waals surface area contributed by atoms with Gasteiger partial charge in [-0.3, -0.25) is 9.59 Å². The van der Waals surface area contributed by atoms with Crippen molar-refractivity contribution in [1.29, 1.82) is 0 Å². The van der Waals surface area contributed by atoms with Crippen molar-refractivity contribution in [2.45, 2.75) is 143 Å². The average Bonchev–Trinajstić information content (AvgIpc) is 2.75. The Hall–Kier alpha value is -1.14. The van der Waals surface area contributed by atoms with E-state index in [4.69, 9.17) is 19.3 Å². The van der Waals surface area contributed by atoms with E-state index in [9.17, 15) is 9.59 Å². The minimum atomic E-state index is -0.429. The molecule has 0 radical (unpaired) electrons. The first-order valence-corrected chi connectivity index (χ1v) is 13.8. The molecule has 0 aliphatic heterocycles. The number of hydrogen-bond acceptors (Lipinski definition) is 6. The van der Waals surface area contributed by atoms with Crippen LogP contribution >= 0.6 is 0 Å². The van der Waals surface area contributed by atoms with E-state index < -0.39 is 5.60 Å². The number of aliphatic hydroxyl groups excluding tert-OH is 1. The van der Waals surface area contributed by atoms with Crippen LogP contribution in [0.1, 0.15) is 131 Å². The number of esters is 2. The minimum absolute atomic E-state index is 0.0861. The molecule has 0 saturated heterocycles. The zero-order chi connectivity index (χ0) is 25.7. The summed E-state index contributed by atoms with van der Waals surface area (Å²) in [5.41, 5.74) is -0.429. The van der Waals surface area contributed by atoms with E-state index in [1.807, 2.05) is 13.8 Å². The quantitative estimate of drug-likeness (QED) is 0.127. The fourth-order valence-corrected chi connectivity index (χ4v) is 3.84. The second kappa shape index (κ2) is 21.2. The van der Waals surface area contributed by atoms with Gasteiger partial charge < -0.3 is 19.3 Å². The Balaban J connectivity index is 3.56. The van der Waals surface area contributed by atoms with Crippen molar-refractivity contribution in [1.82, 2.24) is 0 Å². The maximum Gasteiger partial charge on any atom is 0.306 e. The van der Waals surface area contributed by atoms with E-state index in [2.05, 4.69) is 20.8 Å². The summed E-state index contributed by atoms with van der Waals surface area (Å²) in [4.78, 5) is 23.9. The average molecular weight is 487 g/mol. The molecule has 0 saturated carbocycles. The molecule has 34 heavy (non-hydrogen) atoms. The van der Waals surface area contributed by atoms with Gasteiger partial charge in [-0.2, -0.15) is 0 Å². The second-order valence-corrected chi connectivity index (χ2v) is 10.6. The van der Waals surface area contributed by atoms with Crippen LogP contribution in [-0.4, -0.2) is 48.6 Å². The Bertz CT molecular complexity index is 503. The second-order valence-electron chi connectivity index (χ2n) is 10.6. The van der Waals surface area contributed by atoms with Crippen LogP contribution in [0.4, 0.5) is 0 Å². The van der Waals surface area contributed by atoms with Gasteiger partial charge in [-0.25, -0.2) is 0 Å². The first-order chi connectivity index (χ1) is 16.2. The zero-order valence-corrected chi connectivity index (χ0v) is 22.9. The third-order valence-corrected chi connectivity index (χ3v) is 6.01. The number of aliphatic hydroxyl groups is 1. The van der Waals surface area contributed by atoms with Gasteiger partial charge in [0, 0.05) is 26.1 Å². The number of hydrogen-bond donors (Lipinski definition) is 1. The standard InChI is InChI=1S/C28H54O6/c1-24(2)32-22-15-16-25(3)19-23-33-26(30)17-11-8-6-7-9-12-18-27(31)34-28(4,5)20-13-10-14-21-29/h24-25,29H,6-23H2,1-5H3. The molecule has 0 aliphatic carbocycles. The third-order valence-electron chi connectivity index (χ3n) is 6.01. The molecule has 0 aromatic carbocycles. The van der Waals surface area contributed by atoms with Crippen molar-refractivity contribution in [2.24, 2.45) is 5.92 Å². The smallest absolute Gasteiger partial charge is 0.306 e. The van der Waals surface area contributed by atoms with Gasteiger partial charge in [-0.15, -0.1) is 0 Å². The molecule has 0 rings (SSSR count). The van der Waals surface area contributed by atoms with Crippen molar-refractivity contribution >= 4 is 11.9 Å². The van der Waals surface area contributed by atoms with Crippen LogP contribution in [0.2, 0.25) is 0 Å². The van der Waals surface area contributed by atoms with Crippen LogP contribution < -0.4 is 0 Å². The first-order valence-electron chi connectivity index (χ1n) is 13.8. The van der Waals surface area contributed by atoms with Gasteiger partial charge in [-0.05, 0) is 85.0 Å². The van der Waals surface area contributed by atoms with E-state index in [-0.39, 0.29) is 24.6 Å². The largest absolute Gasteiger partial charge is 0.466 e. The van der Waals surface area contributed by atoms with E-state index >= 15 is 0 Å². The van der Waals surface area contributed by atoms with Crippen molar-refractivity contribution in [2.75, 3.05) is 19.8 Å². The lowest BCUT2D eigenvalue weighted by Crippen LogP contribution is -2.27. The number of unbranched alkanes of at least 4 members (excludes halogenated alkanes) is 7. The molecular formula is C28H54O6. The number of carbonyl (C=O) groups is 2. The number of carbonyl (C=O) groups excluding carboxylic acids is 2. The molecule has 0 aromatic heterocycles. The third kappa shape index (κ3) is 22.6. The number of rotatable bonds is 23. The molecule has 0 spiro atoms. The molecule has 1 atom stereocenters. The predicted octanol–water partition coefficient (Wildman–Crippen LogP) is 6.76. The molecule has 202 valence electrons. The van der Waals surface area contributed by atoms with Crippen LogP contribution in [0.3, 0.4) is 0 Å². The Morgan fingerprint density at radius 2 is 1.32 bits per heavy atom. The molecule has 0 aromatic rings. The van der Waals surface area contributed by atoms with Gasteiger partial charge in [0.1, 0.15) is 5.60 Å². The maximum absolute atomic E-state index is 12.1. The van der Waals surface area contributed by atoms with Gasteiger partial charge >= 0.3 is 11.9 Å². The molecule has 0 aliphatic rings.